The fourth-order valence-corrected chi connectivity index (χ4v) is 3.92. The molecule has 0 saturated carbocycles. The first-order valence-electron chi connectivity index (χ1n) is 5.82. The molecule has 7 heteroatoms. The zero-order valence-electron chi connectivity index (χ0n) is 9.59. The summed E-state index contributed by atoms with van der Waals surface area (Å²) in [7, 11) is -2.99. The zero-order valence-corrected chi connectivity index (χ0v) is 10.4. The van der Waals surface area contributed by atoms with Gasteiger partial charge in [0, 0.05) is 12.1 Å². The monoisotopic (exact) mass is 262 g/mol. The normalized spacial score (nSPS) is 36.6. The van der Waals surface area contributed by atoms with Gasteiger partial charge in [-0.15, -0.1) is 0 Å². The average molecular weight is 262 g/mol. The minimum atomic E-state index is -2.99. The summed E-state index contributed by atoms with van der Waals surface area (Å²) in [5, 5.41) is 2.77. The second-order valence-corrected chi connectivity index (χ2v) is 7.00. The molecule has 0 spiro atoms. The third-order valence-corrected chi connectivity index (χ3v) is 5.09. The number of nitrogens with two attached hydrogens (primary N) is 1. The van der Waals surface area contributed by atoms with Crippen LogP contribution in [-0.4, -0.2) is 51.1 Å². The molecule has 6 nitrogen and oxygen atoms in total. The van der Waals surface area contributed by atoms with Crippen LogP contribution in [0.1, 0.15) is 12.8 Å². The number of rotatable bonds is 2. The van der Waals surface area contributed by atoms with Gasteiger partial charge in [-0.25, -0.2) is 8.42 Å². The molecule has 0 aliphatic carbocycles. The lowest BCUT2D eigenvalue weighted by Crippen LogP contribution is -2.48. The molecule has 2 heterocycles. The fourth-order valence-electron chi connectivity index (χ4n) is 2.29. The Morgan fingerprint density at radius 3 is 2.71 bits per heavy atom. The number of hydrogen-bond donors (Lipinski definition) is 2. The number of sulfone groups is 1. The summed E-state index contributed by atoms with van der Waals surface area (Å²) < 4.78 is 28.0. The lowest BCUT2D eigenvalue weighted by Gasteiger charge is -2.24. The topological polar surface area (TPSA) is 98.5 Å². The van der Waals surface area contributed by atoms with Gasteiger partial charge in [-0.3, -0.25) is 4.79 Å². The Balaban J connectivity index is 1.90. The van der Waals surface area contributed by atoms with E-state index in [9.17, 15) is 13.2 Å². The first-order chi connectivity index (χ1) is 7.98. The Morgan fingerprint density at radius 1 is 1.35 bits per heavy atom. The maximum absolute atomic E-state index is 11.9. The van der Waals surface area contributed by atoms with E-state index in [0.29, 0.717) is 26.1 Å². The molecular weight excluding hydrogens is 244 g/mol. The SMILES string of the molecule is NC1COCC1C(=O)NC1CCCS(=O)(=O)C1. The molecule has 0 aromatic carbocycles. The summed E-state index contributed by atoms with van der Waals surface area (Å²) in [5.41, 5.74) is 5.73. The van der Waals surface area contributed by atoms with Crippen LogP contribution in [0.3, 0.4) is 0 Å². The molecule has 2 aliphatic heterocycles. The first kappa shape index (κ1) is 12.8. The highest BCUT2D eigenvalue weighted by Crippen LogP contribution is 2.15. The van der Waals surface area contributed by atoms with Crippen molar-refractivity contribution in [3.05, 3.63) is 0 Å². The van der Waals surface area contributed by atoms with Gasteiger partial charge in [0.25, 0.3) is 0 Å². The van der Waals surface area contributed by atoms with E-state index in [4.69, 9.17) is 10.5 Å². The van der Waals surface area contributed by atoms with Crippen molar-refractivity contribution in [3.63, 3.8) is 0 Å². The molecule has 2 saturated heterocycles. The number of amides is 1. The van der Waals surface area contributed by atoms with Gasteiger partial charge >= 0.3 is 0 Å². The van der Waals surface area contributed by atoms with Crippen LogP contribution in [0.25, 0.3) is 0 Å². The minimum absolute atomic E-state index is 0.0432. The fraction of sp³-hybridized carbons (Fsp3) is 0.900. The highest BCUT2D eigenvalue weighted by molar-refractivity contribution is 7.91. The van der Waals surface area contributed by atoms with E-state index < -0.39 is 9.84 Å². The largest absolute Gasteiger partial charge is 0.379 e. The Hall–Kier alpha value is -0.660. The van der Waals surface area contributed by atoms with E-state index >= 15 is 0 Å². The molecule has 0 aromatic rings. The van der Waals surface area contributed by atoms with Crippen LogP contribution < -0.4 is 11.1 Å². The second kappa shape index (κ2) is 4.91. The van der Waals surface area contributed by atoms with E-state index in [1.165, 1.54) is 0 Å². The van der Waals surface area contributed by atoms with Gasteiger partial charge in [0.05, 0.1) is 30.6 Å². The van der Waals surface area contributed by atoms with Crippen LogP contribution in [0, 0.1) is 5.92 Å². The number of nitrogens with one attached hydrogen (secondary N) is 1. The standard InChI is InChI=1S/C10H18N2O4S/c11-9-5-16-4-8(9)10(13)12-7-2-1-3-17(14,15)6-7/h7-9H,1-6,11H2,(H,12,13). The van der Waals surface area contributed by atoms with Gasteiger partial charge in [-0.1, -0.05) is 0 Å². The molecule has 2 aliphatic rings. The summed E-state index contributed by atoms with van der Waals surface area (Å²) in [6.45, 7) is 0.716. The molecule has 1 amide bonds. The molecule has 0 aromatic heterocycles. The molecule has 3 atom stereocenters. The number of hydrogen-bond acceptors (Lipinski definition) is 5. The molecule has 2 rings (SSSR count). The smallest absolute Gasteiger partial charge is 0.227 e. The van der Waals surface area contributed by atoms with Crippen molar-refractivity contribution in [3.8, 4) is 0 Å². The van der Waals surface area contributed by atoms with Gasteiger partial charge in [0.2, 0.25) is 5.91 Å². The lowest BCUT2D eigenvalue weighted by molar-refractivity contribution is -0.125. The number of carbonyl (C=O) groups is 1. The van der Waals surface area contributed by atoms with Crippen LogP contribution in [0.5, 0.6) is 0 Å². The number of ether oxygens (including phenoxy) is 1. The molecule has 3 N–H and O–H groups in total. The lowest BCUT2D eigenvalue weighted by atomic mass is 10.0. The third-order valence-electron chi connectivity index (χ3n) is 3.27. The molecule has 98 valence electrons. The number of carbonyl (C=O) groups excluding carboxylic acids is 1. The van der Waals surface area contributed by atoms with Crippen LogP contribution in [0.15, 0.2) is 0 Å². The third kappa shape index (κ3) is 3.17. The van der Waals surface area contributed by atoms with E-state index in [1.807, 2.05) is 0 Å². The van der Waals surface area contributed by atoms with Crippen molar-refractivity contribution in [1.29, 1.82) is 0 Å². The van der Waals surface area contributed by atoms with Crippen molar-refractivity contribution >= 4 is 15.7 Å². The molecule has 0 bridgehead atoms. The quantitative estimate of drug-likeness (QED) is 0.641. The Labute approximate surface area is 101 Å². The molecular formula is C10H18N2O4S. The molecule has 0 radical (unpaired) electrons. The van der Waals surface area contributed by atoms with Crippen LogP contribution in [0.4, 0.5) is 0 Å². The summed E-state index contributed by atoms with van der Waals surface area (Å²) in [6.07, 6.45) is 1.33. The summed E-state index contributed by atoms with van der Waals surface area (Å²) >= 11 is 0. The zero-order chi connectivity index (χ0) is 12.5. The van der Waals surface area contributed by atoms with E-state index in [0.717, 1.165) is 0 Å². The first-order valence-corrected chi connectivity index (χ1v) is 7.64. The van der Waals surface area contributed by atoms with E-state index in [2.05, 4.69) is 5.32 Å². The van der Waals surface area contributed by atoms with Gasteiger partial charge in [0.15, 0.2) is 9.84 Å². The van der Waals surface area contributed by atoms with Crippen molar-refractivity contribution in [2.75, 3.05) is 24.7 Å². The predicted octanol–water partition coefficient (Wildman–Crippen LogP) is -1.35. The molecule has 3 unspecified atom stereocenters. The average Bonchev–Trinajstić information content (AvgIpc) is 2.62. The van der Waals surface area contributed by atoms with Crippen molar-refractivity contribution in [2.45, 2.75) is 24.9 Å². The Morgan fingerprint density at radius 2 is 2.12 bits per heavy atom. The van der Waals surface area contributed by atoms with Crippen LogP contribution in [-0.2, 0) is 19.4 Å². The highest BCUT2D eigenvalue weighted by Gasteiger charge is 2.34. The van der Waals surface area contributed by atoms with Crippen LogP contribution in [0.2, 0.25) is 0 Å². The van der Waals surface area contributed by atoms with E-state index in [-0.39, 0.29) is 35.4 Å². The van der Waals surface area contributed by atoms with Gasteiger partial charge in [-0.05, 0) is 12.8 Å². The predicted molar refractivity (Wildman–Crippen MR) is 62.1 cm³/mol. The maximum Gasteiger partial charge on any atom is 0.227 e. The molecule has 17 heavy (non-hydrogen) atoms. The van der Waals surface area contributed by atoms with Gasteiger partial charge in [0.1, 0.15) is 0 Å². The van der Waals surface area contributed by atoms with Gasteiger partial charge < -0.3 is 15.8 Å². The van der Waals surface area contributed by atoms with Crippen LogP contribution >= 0.6 is 0 Å². The molecule has 2 fully saturated rings. The minimum Gasteiger partial charge on any atom is -0.379 e. The Kier molecular flexibility index (Phi) is 3.70. The Bertz CT molecular complexity index is 395. The van der Waals surface area contributed by atoms with Crippen molar-refractivity contribution in [2.24, 2.45) is 11.7 Å². The summed E-state index contributed by atoms with van der Waals surface area (Å²) in [5.74, 6) is -0.260. The second-order valence-electron chi connectivity index (χ2n) is 4.77. The van der Waals surface area contributed by atoms with E-state index in [1.54, 1.807) is 0 Å². The van der Waals surface area contributed by atoms with Crippen molar-refractivity contribution in [1.82, 2.24) is 5.32 Å². The highest BCUT2D eigenvalue weighted by atomic mass is 32.2. The summed E-state index contributed by atoms with van der Waals surface area (Å²) in [6, 6.07) is -0.552. The van der Waals surface area contributed by atoms with Crippen molar-refractivity contribution < 1.29 is 17.9 Å². The maximum atomic E-state index is 11.9. The summed E-state index contributed by atoms with van der Waals surface area (Å²) in [4.78, 5) is 11.9. The van der Waals surface area contributed by atoms with Gasteiger partial charge in [-0.2, -0.15) is 0 Å².